The van der Waals surface area contributed by atoms with E-state index in [1.807, 2.05) is 48.5 Å². The molecule has 0 saturated heterocycles. The van der Waals surface area contributed by atoms with Crippen LogP contribution in [0.15, 0.2) is 70.6 Å². The van der Waals surface area contributed by atoms with Crippen LogP contribution >= 0.6 is 23.5 Å². The number of benzene rings is 2. The Bertz CT molecular complexity index is 741. The van der Waals surface area contributed by atoms with E-state index >= 15 is 0 Å². The zero-order chi connectivity index (χ0) is 17.5. The van der Waals surface area contributed by atoms with E-state index in [1.54, 1.807) is 18.0 Å². The summed E-state index contributed by atoms with van der Waals surface area (Å²) in [6.07, 6.45) is 1.64. The van der Waals surface area contributed by atoms with E-state index in [0.717, 1.165) is 11.3 Å². The van der Waals surface area contributed by atoms with Crippen LogP contribution in [0, 0.1) is 0 Å². The van der Waals surface area contributed by atoms with Gasteiger partial charge in [-0.15, -0.1) is 11.8 Å². The fraction of sp³-hybridized carbons (Fsp3) is 0.222. The molecule has 1 heterocycles. The Hall–Kier alpha value is -1.54. The highest BCUT2D eigenvalue weighted by molar-refractivity contribution is 8.13. The molecule has 0 saturated carbocycles. The molecule has 7 heteroatoms. The summed E-state index contributed by atoms with van der Waals surface area (Å²) in [6, 6.07) is 20.1. The molecular weight excluding hydrogens is 351 g/mol. The van der Waals surface area contributed by atoms with Gasteiger partial charge in [0.2, 0.25) is 0 Å². The quantitative estimate of drug-likeness (QED) is 0.768. The van der Waals surface area contributed by atoms with Crippen LogP contribution in [-0.4, -0.2) is 39.7 Å². The smallest absolute Gasteiger partial charge is 0.426 e. The summed E-state index contributed by atoms with van der Waals surface area (Å²) < 4.78 is -0.896. The lowest BCUT2D eigenvalue weighted by atomic mass is 9.72. The van der Waals surface area contributed by atoms with Crippen LogP contribution < -0.4 is 0 Å². The Balaban J connectivity index is 1.60. The first-order valence-corrected chi connectivity index (χ1v) is 9.95. The number of hydrogen-bond acceptors (Lipinski definition) is 6. The van der Waals surface area contributed by atoms with E-state index in [1.165, 1.54) is 17.3 Å². The van der Waals surface area contributed by atoms with Crippen LogP contribution in [0.3, 0.4) is 0 Å². The third-order valence-corrected chi connectivity index (χ3v) is 6.28. The van der Waals surface area contributed by atoms with E-state index in [4.69, 9.17) is 0 Å². The summed E-state index contributed by atoms with van der Waals surface area (Å²) in [4.78, 5) is 8.85. The van der Waals surface area contributed by atoms with Crippen molar-refractivity contribution in [3.05, 3.63) is 71.8 Å². The minimum Gasteiger partial charge on any atom is -0.426 e. The first-order chi connectivity index (χ1) is 12.2. The Labute approximate surface area is 156 Å². The lowest BCUT2D eigenvalue weighted by Gasteiger charge is -2.29. The van der Waals surface area contributed by atoms with Crippen molar-refractivity contribution in [1.29, 1.82) is 0 Å². The zero-order valence-electron chi connectivity index (χ0n) is 13.7. The van der Waals surface area contributed by atoms with Crippen molar-refractivity contribution in [3.8, 4) is 0 Å². The molecule has 0 amide bonds. The fourth-order valence-corrected chi connectivity index (χ4v) is 4.17. The molecule has 0 radical (unpaired) electrons. The van der Waals surface area contributed by atoms with Gasteiger partial charge in [-0.1, -0.05) is 72.4 Å². The van der Waals surface area contributed by atoms with Crippen molar-refractivity contribution >= 4 is 42.0 Å². The van der Waals surface area contributed by atoms with Crippen molar-refractivity contribution in [1.82, 2.24) is 0 Å². The molecule has 1 unspecified atom stereocenters. The fourth-order valence-electron chi connectivity index (χ4n) is 2.34. The minimum absolute atomic E-state index is 0.308. The van der Waals surface area contributed by atoms with Crippen LogP contribution in [-0.2, 0) is 11.5 Å². The van der Waals surface area contributed by atoms with Crippen LogP contribution in [0.5, 0.6) is 0 Å². The minimum atomic E-state index is -1.51. The maximum Gasteiger partial charge on any atom is 0.476 e. The molecule has 128 valence electrons. The molecule has 0 bridgehead atoms. The average molecular weight is 370 g/mol. The second-order valence-corrected chi connectivity index (χ2v) is 8.01. The molecule has 2 N–H and O–H groups in total. The van der Waals surface area contributed by atoms with E-state index in [9.17, 15) is 10.0 Å². The zero-order valence-corrected chi connectivity index (χ0v) is 15.3. The second-order valence-electron chi connectivity index (χ2n) is 5.73. The third kappa shape index (κ3) is 4.98. The van der Waals surface area contributed by atoms with E-state index in [2.05, 4.69) is 22.1 Å². The molecule has 25 heavy (non-hydrogen) atoms. The highest BCUT2D eigenvalue weighted by Gasteiger charge is 2.43. The van der Waals surface area contributed by atoms with Gasteiger partial charge in [-0.25, -0.2) is 4.99 Å². The highest BCUT2D eigenvalue weighted by Crippen LogP contribution is 2.32. The van der Waals surface area contributed by atoms with Crippen LogP contribution in [0.25, 0.3) is 0 Å². The number of amidine groups is 1. The van der Waals surface area contributed by atoms with Crippen LogP contribution in [0.2, 0.25) is 0 Å². The van der Waals surface area contributed by atoms with Gasteiger partial charge in [-0.2, -0.15) is 0 Å². The molecule has 0 spiro atoms. The number of hydrogen-bond donors (Lipinski definition) is 2. The van der Waals surface area contributed by atoms with Gasteiger partial charge in [0.15, 0.2) is 5.17 Å². The first-order valence-electron chi connectivity index (χ1n) is 7.98. The van der Waals surface area contributed by atoms with Crippen LogP contribution in [0.4, 0.5) is 0 Å². The van der Waals surface area contributed by atoms with E-state index in [0.29, 0.717) is 17.5 Å². The highest BCUT2D eigenvalue weighted by atomic mass is 32.2. The van der Waals surface area contributed by atoms with Gasteiger partial charge in [-0.3, -0.25) is 4.99 Å². The summed E-state index contributed by atoms with van der Waals surface area (Å²) in [5.74, 6) is 1.47. The monoisotopic (exact) mass is 370 g/mol. The summed E-state index contributed by atoms with van der Waals surface area (Å²) in [5, 5.41) is 20.4. The van der Waals surface area contributed by atoms with Gasteiger partial charge in [0, 0.05) is 17.7 Å². The van der Waals surface area contributed by atoms with Gasteiger partial charge in [0.25, 0.3) is 0 Å². The Morgan fingerprint density at radius 3 is 2.04 bits per heavy atom. The molecule has 0 fully saturated rings. The molecule has 2 aromatic rings. The number of nitrogens with zero attached hydrogens (tertiary/aromatic N) is 2. The van der Waals surface area contributed by atoms with Gasteiger partial charge >= 0.3 is 7.12 Å². The van der Waals surface area contributed by atoms with Crippen LogP contribution in [0.1, 0.15) is 11.1 Å². The largest absolute Gasteiger partial charge is 0.476 e. The van der Waals surface area contributed by atoms with E-state index < -0.39 is 11.8 Å². The molecular formula is C18H19BN2O2S2. The summed E-state index contributed by atoms with van der Waals surface area (Å²) >= 11 is 3.01. The Morgan fingerprint density at radius 2 is 1.52 bits per heavy atom. The second kappa shape index (κ2) is 8.71. The standard InChI is InChI=1S/C18H19BN2O2S2/c22-19(23)18(25-12-16-9-5-2-6-10-16)13-20-17(21-14-18)24-11-15-7-3-1-4-8-15/h1-10,13,22-23H,11-12,14H2. The van der Waals surface area contributed by atoms with Crippen molar-refractivity contribution in [2.45, 2.75) is 16.2 Å². The van der Waals surface area contributed by atoms with Crippen molar-refractivity contribution < 1.29 is 10.0 Å². The molecule has 0 aliphatic carbocycles. The Morgan fingerprint density at radius 1 is 0.920 bits per heavy atom. The molecule has 3 rings (SSSR count). The van der Waals surface area contributed by atoms with Crippen molar-refractivity contribution in [2.24, 2.45) is 9.98 Å². The molecule has 1 aliphatic rings. The van der Waals surface area contributed by atoms with Gasteiger partial charge in [0.05, 0.1) is 6.54 Å². The maximum atomic E-state index is 9.87. The third-order valence-electron chi connectivity index (χ3n) is 3.85. The number of aliphatic imine (C=N–C) groups is 2. The number of rotatable bonds is 6. The average Bonchev–Trinajstić information content (AvgIpc) is 2.67. The first kappa shape index (κ1) is 18.3. The van der Waals surface area contributed by atoms with E-state index in [-0.39, 0.29) is 0 Å². The molecule has 2 aromatic carbocycles. The summed E-state index contributed by atoms with van der Waals surface area (Å²) in [5.41, 5.74) is 2.34. The maximum absolute atomic E-state index is 9.87. The lowest BCUT2D eigenvalue weighted by Crippen LogP contribution is -2.49. The topological polar surface area (TPSA) is 65.2 Å². The van der Waals surface area contributed by atoms with Crippen molar-refractivity contribution in [3.63, 3.8) is 0 Å². The lowest BCUT2D eigenvalue weighted by molar-refractivity contribution is 0.395. The summed E-state index contributed by atoms with van der Waals surface area (Å²) in [7, 11) is -1.51. The van der Waals surface area contributed by atoms with Gasteiger partial charge < -0.3 is 10.0 Å². The Kier molecular flexibility index (Phi) is 6.37. The molecule has 4 nitrogen and oxygen atoms in total. The molecule has 1 aliphatic heterocycles. The van der Waals surface area contributed by atoms with Gasteiger partial charge in [0.1, 0.15) is 4.65 Å². The SMILES string of the molecule is OB(O)C1(SCc2ccccc2)C=NC(SCc2ccccc2)=NC1. The van der Waals surface area contributed by atoms with Crippen molar-refractivity contribution in [2.75, 3.05) is 6.54 Å². The van der Waals surface area contributed by atoms with Gasteiger partial charge in [-0.05, 0) is 11.1 Å². The molecule has 1 atom stereocenters. The summed E-state index contributed by atoms with van der Waals surface area (Å²) in [6.45, 7) is 0.308. The predicted molar refractivity (Wildman–Crippen MR) is 109 cm³/mol. The predicted octanol–water partition coefficient (Wildman–Crippen LogP) is 3.04. The molecule has 0 aromatic heterocycles. The normalized spacial score (nSPS) is 19.5. The number of thioether (sulfide) groups is 2.